The topological polar surface area (TPSA) is 79.8 Å². The quantitative estimate of drug-likeness (QED) is 0.315. The van der Waals surface area contributed by atoms with Gasteiger partial charge in [-0.15, -0.1) is 0 Å². The Bertz CT molecular complexity index is 1140. The molecule has 3 aromatic rings. The molecule has 0 atom stereocenters. The molecule has 0 saturated carbocycles. The van der Waals surface area contributed by atoms with Gasteiger partial charge >= 0.3 is 11.8 Å². The smallest absolute Gasteiger partial charge is 0.329 e. The summed E-state index contributed by atoms with van der Waals surface area (Å²) in [4.78, 5) is 24.2. The van der Waals surface area contributed by atoms with E-state index in [4.69, 9.17) is 16.3 Å². The molecular formula is C25H24ClN3O3. The monoisotopic (exact) mass is 449 g/mol. The number of carbonyl (C=O) groups excluding carboxylic acids is 2. The Balaban J connectivity index is 1.53. The summed E-state index contributed by atoms with van der Waals surface area (Å²) in [5, 5.41) is 7.27. The molecule has 6 nitrogen and oxygen atoms in total. The lowest BCUT2D eigenvalue weighted by Gasteiger charge is -2.08. The normalized spacial score (nSPS) is 11.1. The van der Waals surface area contributed by atoms with Gasteiger partial charge in [0.25, 0.3) is 0 Å². The van der Waals surface area contributed by atoms with E-state index < -0.39 is 11.8 Å². The van der Waals surface area contributed by atoms with Gasteiger partial charge < -0.3 is 10.1 Å². The zero-order valence-electron chi connectivity index (χ0n) is 18.1. The average Bonchev–Trinajstić information content (AvgIpc) is 2.79. The third kappa shape index (κ3) is 6.43. The number of nitrogens with one attached hydrogen (secondary N) is 2. The maximum atomic E-state index is 12.1. The Labute approximate surface area is 192 Å². The van der Waals surface area contributed by atoms with Crippen molar-refractivity contribution in [1.29, 1.82) is 0 Å². The van der Waals surface area contributed by atoms with E-state index in [1.807, 2.05) is 74.5 Å². The lowest BCUT2D eigenvalue weighted by atomic mass is 10.1. The molecule has 0 saturated heterocycles. The molecule has 0 radical (unpaired) electrons. The molecule has 0 heterocycles. The van der Waals surface area contributed by atoms with Crippen molar-refractivity contribution >= 4 is 34.8 Å². The second-order valence-electron chi connectivity index (χ2n) is 7.33. The van der Waals surface area contributed by atoms with Crippen molar-refractivity contribution < 1.29 is 14.3 Å². The van der Waals surface area contributed by atoms with E-state index in [1.54, 1.807) is 13.0 Å². The summed E-state index contributed by atoms with van der Waals surface area (Å²) in [5.41, 5.74) is 7.34. The highest BCUT2D eigenvalue weighted by Crippen LogP contribution is 2.16. The minimum atomic E-state index is -0.842. The van der Waals surface area contributed by atoms with E-state index in [0.29, 0.717) is 28.8 Å². The fraction of sp³-hybridized carbons (Fsp3) is 0.160. The van der Waals surface area contributed by atoms with Crippen molar-refractivity contribution in [2.45, 2.75) is 27.4 Å². The van der Waals surface area contributed by atoms with Crippen molar-refractivity contribution in [2.24, 2.45) is 5.10 Å². The van der Waals surface area contributed by atoms with Crippen LogP contribution in [0.1, 0.15) is 29.2 Å². The Hall–Kier alpha value is -3.64. The van der Waals surface area contributed by atoms with E-state index in [9.17, 15) is 9.59 Å². The van der Waals surface area contributed by atoms with Crippen LogP contribution < -0.4 is 15.5 Å². The summed E-state index contributed by atoms with van der Waals surface area (Å²) in [6.07, 6.45) is 0. The van der Waals surface area contributed by atoms with E-state index in [2.05, 4.69) is 15.8 Å². The summed E-state index contributed by atoms with van der Waals surface area (Å²) in [5.74, 6) is -0.922. The number of hydrogen-bond donors (Lipinski definition) is 2. The van der Waals surface area contributed by atoms with Crippen LogP contribution in [0.15, 0.2) is 71.8 Å². The van der Waals surface area contributed by atoms with Crippen LogP contribution in [0.4, 0.5) is 5.69 Å². The van der Waals surface area contributed by atoms with E-state index in [-0.39, 0.29) is 0 Å². The van der Waals surface area contributed by atoms with Gasteiger partial charge in [0.1, 0.15) is 12.4 Å². The Morgan fingerprint density at radius 2 is 1.59 bits per heavy atom. The first-order valence-corrected chi connectivity index (χ1v) is 10.4. The molecule has 32 heavy (non-hydrogen) atoms. The minimum absolute atomic E-state index is 0.426. The van der Waals surface area contributed by atoms with Gasteiger partial charge in [-0.2, -0.15) is 5.10 Å². The molecule has 3 rings (SSSR count). The second kappa shape index (κ2) is 10.6. The predicted octanol–water partition coefficient (Wildman–Crippen LogP) is 5.01. The fourth-order valence-corrected chi connectivity index (χ4v) is 2.92. The van der Waals surface area contributed by atoms with Gasteiger partial charge in [-0.05, 0) is 91.6 Å². The van der Waals surface area contributed by atoms with E-state index in [1.165, 1.54) is 0 Å². The number of carbonyl (C=O) groups is 2. The first-order valence-electron chi connectivity index (χ1n) is 10.0. The van der Waals surface area contributed by atoms with Crippen LogP contribution in [0.25, 0.3) is 0 Å². The molecule has 2 amide bonds. The summed E-state index contributed by atoms with van der Waals surface area (Å²) in [6, 6.07) is 20.2. The Morgan fingerprint density at radius 1 is 0.906 bits per heavy atom. The van der Waals surface area contributed by atoms with Crippen molar-refractivity contribution in [2.75, 3.05) is 5.32 Å². The van der Waals surface area contributed by atoms with Crippen LogP contribution >= 0.6 is 11.6 Å². The average molecular weight is 450 g/mol. The van der Waals surface area contributed by atoms with Crippen LogP contribution in [0.3, 0.4) is 0 Å². The molecule has 3 aromatic carbocycles. The van der Waals surface area contributed by atoms with Gasteiger partial charge in [-0.25, -0.2) is 5.43 Å². The van der Waals surface area contributed by atoms with Gasteiger partial charge in [0.2, 0.25) is 0 Å². The number of aryl methyl sites for hydroxylation is 2. The lowest BCUT2D eigenvalue weighted by molar-refractivity contribution is -0.136. The molecule has 0 aliphatic carbocycles. The molecule has 2 N–H and O–H groups in total. The minimum Gasteiger partial charge on any atom is -0.489 e. The largest absolute Gasteiger partial charge is 0.489 e. The number of benzene rings is 3. The highest BCUT2D eigenvalue weighted by molar-refractivity contribution is 6.39. The molecule has 0 aromatic heterocycles. The molecule has 7 heteroatoms. The molecule has 0 bridgehead atoms. The summed E-state index contributed by atoms with van der Waals surface area (Å²) in [6.45, 7) is 6.08. The zero-order chi connectivity index (χ0) is 23.1. The van der Waals surface area contributed by atoms with Crippen molar-refractivity contribution in [1.82, 2.24) is 5.43 Å². The number of hydrogen-bond acceptors (Lipinski definition) is 4. The number of rotatable bonds is 6. The number of hydrazone groups is 1. The molecule has 0 unspecified atom stereocenters. The predicted molar refractivity (Wildman–Crippen MR) is 127 cm³/mol. The van der Waals surface area contributed by atoms with E-state index >= 15 is 0 Å². The third-order valence-electron chi connectivity index (χ3n) is 4.89. The SMILES string of the molecule is CC(=NNC(=O)C(=O)Nc1ccc(C)c(C)c1)c1ccc(OCc2ccc(Cl)cc2)cc1. The van der Waals surface area contributed by atoms with Crippen LogP contribution in [0, 0.1) is 13.8 Å². The number of halogens is 1. The maximum absolute atomic E-state index is 12.1. The molecule has 0 aliphatic rings. The van der Waals surface area contributed by atoms with Gasteiger partial charge in [0.15, 0.2) is 0 Å². The molecule has 0 aliphatic heterocycles. The highest BCUT2D eigenvalue weighted by atomic mass is 35.5. The number of amides is 2. The molecular weight excluding hydrogens is 426 g/mol. The van der Waals surface area contributed by atoms with Gasteiger partial charge in [-0.3, -0.25) is 9.59 Å². The van der Waals surface area contributed by atoms with Crippen molar-refractivity contribution in [3.05, 3.63) is 94.0 Å². The molecule has 0 spiro atoms. The number of nitrogens with zero attached hydrogens (tertiary/aromatic N) is 1. The fourth-order valence-electron chi connectivity index (χ4n) is 2.80. The zero-order valence-corrected chi connectivity index (χ0v) is 18.9. The summed E-state index contributed by atoms with van der Waals surface area (Å²) < 4.78 is 5.76. The number of ether oxygens (including phenoxy) is 1. The summed E-state index contributed by atoms with van der Waals surface area (Å²) >= 11 is 5.89. The Kier molecular flexibility index (Phi) is 7.63. The van der Waals surface area contributed by atoms with Gasteiger partial charge in [0.05, 0.1) is 5.71 Å². The summed E-state index contributed by atoms with van der Waals surface area (Å²) in [7, 11) is 0. The third-order valence-corrected chi connectivity index (χ3v) is 5.14. The van der Waals surface area contributed by atoms with Crippen molar-refractivity contribution in [3.8, 4) is 5.75 Å². The van der Waals surface area contributed by atoms with E-state index in [0.717, 1.165) is 22.3 Å². The Morgan fingerprint density at radius 3 is 2.25 bits per heavy atom. The second-order valence-corrected chi connectivity index (χ2v) is 7.77. The standard InChI is InChI=1S/C25H24ClN3O3/c1-16-4-11-22(14-17(16)2)27-24(30)25(31)29-28-18(3)20-7-12-23(13-8-20)32-15-19-5-9-21(26)10-6-19/h4-14H,15H2,1-3H3,(H,27,30)(H,29,31). The van der Waals surface area contributed by atoms with Gasteiger partial charge in [0, 0.05) is 10.7 Å². The van der Waals surface area contributed by atoms with Crippen molar-refractivity contribution in [3.63, 3.8) is 0 Å². The molecule has 0 fully saturated rings. The van der Waals surface area contributed by atoms with Crippen LogP contribution in [0.2, 0.25) is 5.02 Å². The highest BCUT2D eigenvalue weighted by Gasteiger charge is 2.13. The molecule has 164 valence electrons. The first-order chi connectivity index (χ1) is 15.3. The number of anilines is 1. The maximum Gasteiger partial charge on any atom is 0.329 e. The lowest BCUT2D eigenvalue weighted by Crippen LogP contribution is -2.33. The van der Waals surface area contributed by atoms with Gasteiger partial charge in [-0.1, -0.05) is 29.8 Å². The first kappa shape index (κ1) is 23.0. The van der Waals surface area contributed by atoms with Crippen LogP contribution in [-0.2, 0) is 16.2 Å². The van der Waals surface area contributed by atoms with Crippen LogP contribution in [-0.4, -0.2) is 17.5 Å². The van der Waals surface area contributed by atoms with Crippen LogP contribution in [0.5, 0.6) is 5.75 Å².